The van der Waals surface area contributed by atoms with E-state index in [2.05, 4.69) is 54.2 Å². The highest BCUT2D eigenvalue weighted by Gasteiger charge is 2.22. The fourth-order valence-corrected chi connectivity index (χ4v) is 3.57. The van der Waals surface area contributed by atoms with Gasteiger partial charge in [-0.1, -0.05) is 0 Å². The highest BCUT2D eigenvalue weighted by Crippen LogP contribution is 2.23. The summed E-state index contributed by atoms with van der Waals surface area (Å²) in [6.07, 6.45) is 6.26. The normalized spacial score (nSPS) is 14.7. The van der Waals surface area contributed by atoms with E-state index < -0.39 is 0 Å². The van der Waals surface area contributed by atoms with Gasteiger partial charge in [-0.25, -0.2) is 4.98 Å². The van der Waals surface area contributed by atoms with E-state index in [4.69, 9.17) is 9.73 Å². The summed E-state index contributed by atoms with van der Waals surface area (Å²) >= 11 is 5.29. The zero-order chi connectivity index (χ0) is 18.8. The molecule has 1 saturated heterocycles. The second-order valence-corrected chi connectivity index (χ2v) is 7.78. The Balaban J connectivity index is 0.00000364. The second-order valence-electron chi connectivity index (χ2n) is 5.94. The number of guanidine groups is 1. The fourth-order valence-electron chi connectivity index (χ4n) is 2.73. The monoisotopic (exact) mass is 572 g/mol. The molecule has 27 heavy (non-hydrogen) atoms. The van der Waals surface area contributed by atoms with Gasteiger partial charge in [-0.2, -0.15) is 16.7 Å². The van der Waals surface area contributed by atoms with Crippen molar-refractivity contribution in [3.05, 3.63) is 10.7 Å². The minimum absolute atomic E-state index is 0. The zero-order valence-electron chi connectivity index (χ0n) is 16.3. The third kappa shape index (κ3) is 7.80. The lowest BCUT2D eigenvalue weighted by atomic mass is 10.3. The highest BCUT2D eigenvalue weighted by molar-refractivity contribution is 14.0. The number of halogens is 2. The van der Waals surface area contributed by atoms with E-state index >= 15 is 0 Å². The summed E-state index contributed by atoms with van der Waals surface area (Å²) in [5, 5.41) is 3.42. The smallest absolute Gasteiger partial charge is 0.232 e. The van der Waals surface area contributed by atoms with Crippen LogP contribution in [0.3, 0.4) is 0 Å². The van der Waals surface area contributed by atoms with E-state index in [1.807, 2.05) is 11.8 Å². The Kier molecular flexibility index (Phi) is 12.4. The van der Waals surface area contributed by atoms with Crippen LogP contribution in [0.1, 0.15) is 19.8 Å². The molecule has 1 aromatic rings. The van der Waals surface area contributed by atoms with Gasteiger partial charge in [0.25, 0.3) is 0 Å². The number of anilines is 1. The van der Waals surface area contributed by atoms with Crippen molar-refractivity contribution < 1.29 is 4.74 Å². The Labute approximate surface area is 192 Å². The van der Waals surface area contributed by atoms with Gasteiger partial charge in [-0.05, 0) is 47.7 Å². The van der Waals surface area contributed by atoms with Crippen LogP contribution >= 0.6 is 51.7 Å². The number of rotatable bonds is 8. The molecule has 0 spiro atoms. The van der Waals surface area contributed by atoms with Crippen molar-refractivity contribution in [2.45, 2.75) is 19.8 Å². The maximum absolute atomic E-state index is 5.27. The van der Waals surface area contributed by atoms with Crippen LogP contribution in [0.25, 0.3) is 0 Å². The maximum Gasteiger partial charge on any atom is 0.232 e. The van der Waals surface area contributed by atoms with E-state index in [9.17, 15) is 0 Å². The SMILES string of the molecule is CCNC(=NCCCCSC)N1CCN(c2ncc(Br)c(OC)n2)CC1.I. The van der Waals surface area contributed by atoms with E-state index in [1.54, 1.807) is 13.3 Å². The van der Waals surface area contributed by atoms with Gasteiger partial charge in [-0.3, -0.25) is 4.99 Å². The molecule has 0 radical (unpaired) electrons. The molecule has 0 saturated carbocycles. The number of ether oxygens (including phenoxy) is 1. The number of methoxy groups -OCH3 is 1. The van der Waals surface area contributed by atoms with Crippen LogP contribution in [0, 0.1) is 0 Å². The Morgan fingerprint density at radius 1 is 1.33 bits per heavy atom. The maximum atomic E-state index is 5.27. The van der Waals surface area contributed by atoms with Gasteiger partial charge in [0.1, 0.15) is 0 Å². The van der Waals surface area contributed by atoms with Gasteiger partial charge in [0.05, 0.1) is 17.8 Å². The molecule has 1 aromatic heterocycles. The van der Waals surface area contributed by atoms with Crippen molar-refractivity contribution >= 4 is 63.6 Å². The molecule has 1 aliphatic rings. The molecule has 7 nitrogen and oxygen atoms in total. The van der Waals surface area contributed by atoms with Crippen LogP contribution in [0.15, 0.2) is 15.7 Å². The Morgan fingerprint density at radius 2 is 2.07 bits per heavy atom. The highest BCUT2D eigenvalue weighted by atomic mass is 127. The summed E-state index contributed by atoms with van der Waals surface area (Å²) in [4.78, 5) is 18.2. The molecular weight excluding hydrogens is 543 g/mol. The van der Waals surface area contributed by atoms with Crippen LogP contribution in [0.5, 0.6) is 5.88 Å². The Bertz CT molecular complexity index is 587. The number of hydrogen-bond donors (Lipinski definition) is 1. The molecule has 0 amide bonds. The van der Waals surface area contributed by atoms with Gasteiger partial charge in [0.15, 0.2) is 5.96 Å². The predicted octanol–water partition coefficient (Wildman–Crippen LogP) is 3.10. The van der Waals surface area contributed by atoms with Crippen molar-refractivity contribution in [3.8, 4) is 5.88 Å². The van der Waals surface area contributed by atoms with E-state index in [0.717, 1.165) is 56.1 Å². The minimum atomic E-state index is 0. The Morgan fingerprint density at radius 3 is 2.70 bits per heavy atom. The molecule has 1 fully saturated rings. The molecule has 1 aliphatic heterocycles. The zero-order valence-corrected chi connectivity index (χ0v) is 21.0. The van der Waals surface area contributed by atoms with E-state index in [0.29, 0.717) is 11.8 Å². The van der Waals surface area contributed by atoms with Crippen LogP contribution in [0.2, 0.25) is 0 Å². The minimum Gasteiger partial charge on any atom is -0.480 e. The molecule has 0 bridgehead atoms. The summed E-state index contributed by atoms with van der Waals surface area (Å²) in [6.45, 7) is 7.41. The molecule has 2 heterocycles. The van der Waals surface area contributed by atoms with Crippen molar-refractivity contribution in [1.82, 2.24) is 20.2 Å². The number of thioether (sulfide) groups is 1. The standard InChI is InChI=1S/C17H29BrN6OS.HI/c1-4-19-16(20-7-5-6-12-26-3)23-8-10-24(11-9-23)17-21-13-14(18)15(22-17)25-2;/h13H,4-12H2,1-3H3,(H,19,20);1H. The van der Waals surface area contributed by atoms with E-state index in [-0.39, 0.29) is 24.0 Å². The predicted molar refractivity (Wildman–Crippen MR) is 129 cm³/mol. The summed E-state index contributed by atoms with van der Waals surface area (Å²) in [5.41, 5.74) is 0. The van der Waals surface area contributed by atoms with Crippen LogP contribution in [0.4, 0.5) is 5.95 Å². The average Bonchev–Trinajstić information content (AvgIpc) is 2.67. The lowest BCUT2D eigenvalue weighted by molar-refractivity contribution is 0.366. The second kappa shape index (κ2) is 13.6. The number of aliphatic imine (C=N–C) groups is 1. The number of piperazine rings is 1. The number of hydrogen-bond acceptors (Lipinski definition) is 6. The molecule has 10 heteroatoms. The van der Waals surface area contributed by atoms with Crippen molar-refractivity contribution in [2.24, 2.45) is 4.99 Å². The quantitative estimate of drug-likeness (QED) is 0.222. The largest absolute Gasteiger partial charge is 0.480 e. The first-order valence-electron chi connectivity index (χ1n) is 9.03. The molecule has 1 N–H and O–H groups in total. The van der Waals surface area contributed by atoms with Crippen molar-refractivity contribution in [1.29, 1.82) is 0 Å². The first kappa shape index (κ1) is 24.5. The molecule has 2 rings (SSSR count). The number of nitrogens with one attached hydrogen (secondary N) is 1. The van der Waals surface area contributed by atoms with Crippen LogP contribution in [-0.4, -0.2) is 79.2 Å². The van der Waals surface area contributed by atoms with Gasteiger partial charge >= 0.3 is 0 Å². The average molecular weight is 573 g/mol. The summed E-state index contributed by atoms with van der Waals surface area (Å²) in [7, 11) is 1.62. The van der Waals surface area contributed by atoms with Crippen LogP contribution in [-0.2, 0) is 0 Å². The lowest BCUT2D eigenvalue weighted by Gasteiger charge is -2.36. The van der Waals surface area contributed by atoms with Crippen LogP contribution < -0.4 is 15.0 Å². The Hall–Kier alpha value is -0.490. The fraction of sp³-hybridized carbons (Fsp3) is 0.706. The lowest BCUT2D eigenvalue weighted by Crippen LogP contribution is -2.53. The van der Waals surface area contributed by atoms with Crippen molar-refractivity contribution in [2.75, 3.05) is 63.3 Å². The molecular formula is C17H30BrIN6OS. The number of aromatic nitrogens is 2. The first-order valence-corrected chi connectivity index (χ1v) is 11.2. The third-order valence-electron chi connectivity index (χ3n) is 4.11. The number of nitrogens with zero attached hydrogens (tertiary/aromatic N) is 5. The van der Waals surface area contributed by atoms with Gasteiger partial charge in [0, 0.05) is 39.3 Å². The molecule has 0 aromatic carbocycles. The molecule has 0 unspecified atom stereocenters. The molecule has 0 atom stereocenters. The topological polar surface area (TPSA) is 65.9 Å². The van der Waals surface area contributed by atoms with Gasteiger partial charge < -0.3 is 19.9 Å². The van der Waals surface area contributed by atoms with Crippen molar-refractivity contribution in [3.63, 3.8) is 0 Å². The van der Waals surface area contributed by atoms with Gasteiger partial charge in [0.2, 0.25) is 11.8 Å². The molecule has 154 valence electrons. The summed E-state index contributed by atoms with van der Waals surface area (Å²) < 4.78 is 6.04. The third-order valence-corrected chi connectivity index (χ3v) is 5.35. The first-order chi connectivity index (χ1) is 12.7. The summed E-state index contributed by atoms with van der Waals surface area (Å²) in [5.74, 6) is 3.51. The van der Waals surface area contributed by atoms with Gasteiger partial charge in [-0.15, -0.1) is 24.0 Å². The summed E-state index contributed by atoms with van der Waals surface area (Å²) in [6, 6.07) is 0. The molecule has 0 aliphatic carbocycles. The van der Waals surface area contributed by atoms with E-state index in [1.165, 1.54) is 12.2 Å². The number of unbranched alkanes of at least 4 members (excludes halogenated alkanes) is 1.